The van der Waals surface area contributed by atoms with E-state index in [2.05, 4.69) is 17.1 Å². The predicted octanol–water partition coefficient (Wildman–Crippen LogP) is 1.26. The normalized spacial score (nSPS) is 23.4. The van der Waals surface area contributed by atoms with Crippen molar-refractivity contribution < 1.29 is 9.53 Å². The van der Waals surface area contributed by atoms with E-state index < -0.39 is 0 Å². The quantitative estimate of drug-likeness (QED) is 0.712. The largest absolute Gasteiger partial charge is 0.468 e. The Morgan fingerprint density at radius 1 is 1.59 bits per heavy atom. The van der Waals surface area contributed by atoms with Gasteiger partial charge in [0, 0.05) is 13.1 Å². The van der Waals surface area contributed by atoms with Gasteiger partial charge in [0.2, 0.25) is 0 Å². The van der Waals surface area contributed by atoms with Crippen molar-refractivity contribution in [2.24, 2.45) is 5.92 Å². The molecule has 1 aliphatic heterocycles. The van der Waals surface area contributed by atoms with Crippen LogP contribution in [0.1, 0.15) is 32.6 Å². The molecule has 1 fully saturated rings. The van der Waals surface area contributed by atoms with Crippen molar-refractivity contribution in [1.29, 1.82) is 0 Å². The molecule has 4 nitrogen and oxygen atoms in total. The van der Waals surface area contributed by atoms with Crippen molar-refractivity contribution in [3.05, 3.63) is 0 Å². The van der Waals surface area contributed by atoms with Gasteiger partial charge < -0.3 is 15.0 Å². The lowest BCUT2D eigenvalue weighted by atomic mass is 9.95. The third kappa shape index (κ3) is 4.64. The van der Waals surface area contributed by atoms with Gasteiger partial charge in [0.25, 0.3) is 0 Å². The molecule has 0 aromatic carbocycles. The van der Waals surface area contributed by atoms with E-state index in [1.807, 2.05) is 7.05 Å². The summed E-state index contributed by atoms with van der Waals surface area (Å²) in [5, 5.41) is 3.02. The number of ether oxygens (including phenoxy) is 1. The van der Waals surface area contributed by atoms with Crippen LogP contribution in [-0.2, 0) is 9.53 Å². The first-order valence-electron chi connectivity index (χ1n) is 6.68. The van der Waals surface area contributed by atoms with Gasteiger partial charge in [-0.05, 0) is 38.8 Å². The molecule has 1 heterocycles. The van der Waals surface area contributed by atoms with Crippen LogP contribution < -0.4 is 5.32 Å². The van der Waals surface area contributed by atoms with Crippen LogP contribution in [0.15, 0.2) is 0 Å². The number of methoxy groups -OCH3 is 1. The molecular weight excluding hydrogens is 216 g/mol. The number of carbonyl (C=O) groups excluding carboxylic acids is 1. The Balaban J connectivity index is 2.30. The van der Waals surface area contributed by atoms with Gasteiger partial charge in [-0.1, -0.05) is 13.3 Å². The van der Waals surface area contributed by atoms with Crippen LogP contribution >= 0.6 is 0 Å². The monoisotopic (exact) mass is 242 g/mol. The first kappa shape index (κ1) is 14.5. The third-order valence-corrected chi connectivity index (χ3v) is 3.75. The SMILES string of the molecule is CCC1CCCN(CCC(NC)C(=O)OC)C1. The van der Waals surface area contributed by atoms with Crippen LogP contribution in [0.4, 0.5) is 0 Å². The van der Waals surface area contributed by atoms with E-state index in [-0.39, 0.29) is 12.0 Å². The number of nitrogens with zero attached hydrogens (tertiary/aromatic N) is 1. The Morgan fingerprint density at radius 2 is 2.35 bits per heavy atom. The number of piperidine rings is 1. The fraction of sp³-hybridized carbons (Fsp3) is 0.923. The first-order valence-corrected chi connectivity index (χ1v) is 6.68. The number of likely N-dealkylation sites (N-methyl/N-ethyl adjacent to an activating group) is 1. The zero-order chi connectivity index (χ0) is 12.7. The second-order valence-electron chi connectivity index (χ2n) is 4.87. The first-order chi connectivity index (χ1) is 8.21. The van der Waals surface area contributed by atoms with E-state index in [1.54, 1.807) is 0 Å². The molecule has 1 N–H and O–H groups in total. The van der Waals surface area contributed by atoms with Crippen molar-refractivity contribution >= 4 is 5.97 Å². The zero-order valence-corrected chi connectivity index (χ0v) is 11.4. The molecule has 2 atom stereocenters. The van der Waals surface area contributed by atoms with Gasteiger partial charge in [0.05, 0.1) is 7.11 Å². The van der Waals surface area contributed by atoms with Crippen molar-refractivity contribution in [3.8, 4) is 0 Å². The van der Waals surface area contributed by atoms with E-state index in [4.69, 9.17) is 4.74 Å². The molecule has 0 spiro atoms. The Kier molecular flexibility index (Phi) is 6.52. The second kappa shape index (κ2) is 7.67. The van der Waals surface area contributed by atoms with E-state index in [0.717, 1.165) is 18.9 Å². The Bertz CT molecular complexity index is 233. The van der Waals surface area contributed by atoms with Crippen LogP contribution in [0.25, 0.3) is 0 Å². The fourth-order valence-corrected chi connectivity index (χ4v) is 2.52. The average Bonchev–Trinajstić information content (AvgIpc) is 2.39. The Morgan fingerprint density at radius 3 is 2.94 bits per heavy atom. The summed E-state index contributed by atoms with van der Waals surface area (Å²) in [5.74, 6) is 0.687. The van der Waals surface area contributed by atoms with E-state index in [9.17, 15) is 4.79 Å². The van der Waals surface area contributed by atoms with Crippen LogP contribution in [0.5, 0.6) is 0 Å². The summed E-state index contributed by atoms with van der Waals surface area (Å²) in [4.78, 5) is 13.9. The van der Waals surface area contributed by atoms with Crippen LogP contribution in [-0.4, -0.2) is 50.7 Å². The van der Waals surface area contributed by atoms with E-state index in [0.29, 0.717) is 0 Å². The third-order valence-electron chi connectivity index (χ3n) is 3.75. The number of nitrogens with one attached hydrogen (secondary N) is 1. The van der Waals surface area contributed by atoms with Gasteiger partial charge in [-0.2, -0.15) is 0 Å². The molecule has 1 rings (SSSR count). The van der Waals surface area contributed by atoms with Crippen LogP contribution in [0.2, 0.25) is 0 Å². The lowest BCUT2D eigenvalue weighted by Gasteiger charge is -2.32. The number of hydrogen-bond acceptors (Lipinski definition) is 4. The van der Waals surface area contributed by atoms with Crippen LogP contribution in [0, 0.1) is 5.92 Å². The molecule has 0 aliphatic carbocycles. The van der Waals surface area contributed by atoms with Crippen molar-refractivity contribution in [2.75, 3.05) is 33.8 Å². The smallest absolute Gasteiger partial charge is 0.322 e. The molecule has 0 radical (unpaired) electrons. The molecule has 17 heavy (non-hydrogen) atoms. The summed E-state index contributed by atoms with van der Waals surface area (Å²) in [6, 6.07) is -0.165. The maximum absolute atomic E-state index is 11.4. The lowest BCUT2D eigenvalue weighted by molar-refractivity contribution is -0.143. The molecule has 0 bridgehead atoms. The number of hydrogen-bond donors (Lipinski definition) is 1. The Hall–Kier alpha value is -0.610. The molecule has 100 valence electrons. The average molecular weight is 242 g/mol. The van der Waals surface area contributed by atoms with Gasteiger partial charge in [0.15, 0.2) is 0 Å². The topological polar surface area (TPSA) is 41.6 Å². The lowest BCUT2D eigenvalue weighted by Crippen LogP contribution is -2.41. The summed E-state index contributed by atoms with van der Waals surface area (Å²) < 4.78 is 4.77. The van der Waals surface area contributed by atoms with Crippen molar-refractivity contribution in [2.45, 2.75) is 38.6 Å². The van der Waals surface area contributed by atoms with Crippen LogP contribution in [0.3, 0.4) is 0 Å². The standard InChI is InChI=1S/C13H26N2O2/c1-4-11-6-5-8-15(10-11)9-7-12(14-2)13(16)17-3/h11-12,14H,4-10H2,1-3H3. The molecule has 4 heteroatoms. The molecule has 0 aromatic heterocycles. The van der Waals surface area contributed by atoms with Gasteiger partial charge in [0.1, 0.15) is 6.04 Å². The number of carbonyl (C=O) groups is 1. The Labute approximate surface area is 105 Å². The molecule has 0 aromatic rings. The molecule has 0 saturated carbocycles. The summed E-state index contributed by atoms with van der Waals surface area (Å²) in [5.41, 5.74) is 0. The molecular formula is C13H26N2O2. The van der Waals surface area contributed by atoms with Gasteiger partial charge in [-0.25, -0.2) is 0 Å². The van der Waals surface area contributed by atoms with E-state index in [1.165, 1.54) is 39.5 Å². The highest BCUT2D eigenvalue weighted by Gasteiger charge is 2.21. The highest BCUT2D eigenvalue weighted by Crippen LogP contribution is 2.19. The molecule has 0 amide bonds. The number of esters is 1. The minimum atomic E-state index is -0.165. The zero-order valence-electron chi connectivity index (χ0n) is 11.4. The fourth-order valence-electron chi connectivity index (χ4n) is 2.52. The maximum atomic E-state index is 11.4. The molecule has 1 aliphatic rings. The number of rotatable bonds is 6. The summed E-state index contributed by atoms with van der Waals surface area (Å²) in [7, 11) is 3.26. The summed E-state index contributed by atoms with van der Waals surface area (Å²) in [6.45, 7) is 5.61. The summed E-state index contributed by atoms with van der Waals surface area (Å²) in [6.07, 6.45) is 4.75. The maximum Gasteiger partial charge on any atom is 0.322 e. The van der Waals surface area contributed by atoms with E-state index >= 15 is 0 Å². The summed E-state index contributed by atoms with van der Waals surface area (Å²) >= 11 is 0. The van der Waals surface area contributed by atoms with Crippen molar-refractivity contribution in [1.82, 2.24) is 10.2 Å². The predicted molar refractivity (Wildman–Crippen MR) is 68.9 cm³/mol. The minimum absolute atomic E-state index is 0.156. The highest BCUT2D eigenvalue weighted by molar-refractivity contribution is 5.75. The molecule has 1 saturated heterocycles. The number of likely N-dealkylation sites (tertiary alicyclic amines) is 1. The van der Waals surface area contributed by atoms with Gasteiger partial charge >= 0.3 is 5.97 Å². The van der Waals surface area contributed by atoms with Gasteiger partial charge in [-0.15, -0.1) is 0 Å². The minimum Gasteiger partial charge on any atom is -0.468 e. The highest BCUT2D eigenvalue weighted by atomic mass is 16.5. The molecule has 2 unspecified atom stereocenters. The van der Waals surface area contributed by atoms with Gasteiger partial charge in [-0.3, -0.25) is 4.79 Å². The second-order valence-corrected chi connectivity index (χ2v) is 4.87. The van der Waals surface area contributed by atoms with Crippen molar-refractivity contribution in [3.63, 3.8) is 0 Å².